The number of hydrogen-bond donors (Lipinski definition) is 0. The molecule has 0 atom stereocenters. The number of rotatable bonds is 4. The second-order valence-electron chi connectivity index (χ2n) is 3.53. The standard InChI is InChI=1S/C10H18O2/c1-4-9(3)12-8-10(5-2)6-11-7-10/h4H,5-8H2,1-3H3. The van der Waals surface area contributed by atoms with E-state index in [9.17, 15) is 0 Å². The summed E-state index contributed by atoms with van der Waals surface area (Å²) in [7, 11) is 0. The van der Waals surface area contributed by atoms with E-state index in [1.54, 1.807) is 0 Å². The number of hydrogen-bond acceptors (Lipinski definition) is 2. The summed E-state index contributed by atoms with van der Waals surface area (Å²) in [5.74, 6) is 1.01. The molecule has 0 N–H and O–H groups in total. The average Bonchev–Trinajstić information content (AvgIpc) is 2.03. The van der Waals surface area contributed by atoms with Crippen LogP contribution in [-0.4, -0.2) is 19.8 Å². The van der Waals surface area contributed by atoms with Gasteiger partial charge in [0.1, 0.15) is 0 Å². The van der Waals surface area contributed by atoms with Crippen LogP contribution in [-0.2, 0) is 9.47 Å². The molecule has 1 saturated heterocycles. The first-order valence-electron chi connectivity index (χ1n) is 4.56. The maximum atomic E-state index is 5.57. The van der Waals surface area contributed by atoms with E-state index in [2.05, 4.69) is 6.92 Å². The van der Waals surface area contributed by atoms with Gasteiger partial charge in [0.25, 0.3) is 0 Å². The smallest absolute Gasteiger partial charge is 0.0977 e. The van der Waals surface area contributed by atoms with E-state index in [0.717, 1.165) is 32.0 Å². The Kier molecular flexibility index (Phi) is 3.15. The molecular weight excluding hydrogens is 152 g/mol. The molecule has 12 heavy (non-hydrogen) atoms. The van der Waals surface area contributed by atoms with E-state index in [1.807, 2.05) is 19.9 Å². The van der Waals surface area contributed by atoms with Crippen LogP contribution in [0.2, 0.25) is 0 Å². The molecule has 1 aliphatic rings. The first-order valence-corrected chi connectivity index (χ1v) is 4.56. The Morgan fingerprint density at radius 2 is 2.25 bits per heavy atom. The first kappa shape index (κ1) is 9.59. The lowest BCUT2D eigenvalue weighted by molar-refractivity contribution is -0.142. The predicted octanol–water partition coefficient (Wildman–Crippen LogP) is 2.35. The zero-order valence-electron chi connectivity index (χ0n) is 8.22. The largest absolute Gasteiger partial charge is 0.498 e. The first-order chi connectivity index (χ1) is 5.72. The van der Waals surface area contributed by atoms with E-state index >= 15 is 0 Å². The summed E-state index contributed by atoms with van der Waals surface area (Å²) in [5, 5.41) is 0. The number of ether oxygens (including phenoxy) is 2. The van der Waals surface area contributed by atoms with Gasteiger partial charge in [-0.05, 0) is 20.3 Å². The SMILES string of the molecule is CC=C(C)OCC1(CC)COC1. The minimum absolute atomic E-state index is 0.310. The van der Waals surface area contributed by atoms with Gasteiger partial charge in [-0.3, -0.25) is 0 Å². The predicted molar refractivity (Wildman–Crippen MR) is 48.9 cm³/mol. The van der Waals surface area contributed by atoms with Gasteiger partial charge >= 0.3 is 0 Å². The summed E-state index contributed by atoms with van der Waals surface area (Å²) in [6, 6.07) is 0. The minimum Gasteiger partial charge on any atom is -0.498 e. The molecule has 0 unspecified atom stereocenters. The summed E-state index contributed by atoms with van der Waals surface area (Å²) in [4.78, 5) is 0. The lowest BCUT2D eigenvalue weighted by Gasteiger charge is -2.40. The monoisotopic (exact) mass is 170 g/mol. The molecule has 0 spiro atoms. The zero-order valence-corrected chi connectivity index (χ0v) is 8.22. The van der Waals surface area contributed by atoms with Crippen molar-refractivity contribution in [1.82, 2.24) is 0 Å². The molecule has 0 aromatic rings. The summed E-state index contributed by atoms with van der Waals surface area (Å²) >= 11 is 0. The Bertz CT molecular complexity index is 163. The fraction of sp³-hybridized carbons (Fsp3) is 0.800. The van der Waals surface area contributed by atoms with Crippen molar-refractivity contribution < 1.29 is 9.47 Å². The van der Waals surface area contributed by atoms with Crippen molar-refractivity contribution >= 4 is 0 Å². The second kappa shape index (κ2) is 3.94. The Balaban J connectivity index is 2.29. The molecule has 0 radical (unpaired) electrons. The van der Waals surface area contributed by atoms with Gasteiger partial charge in [0, 0.05) is 0 Å². The Hall–Kier alpha value is -0.500. The van der Waals surface area contributed by atoms with Crippen LogP contribution < -0.4 is 0 Å². The molecule has 1 aliphatic heterocycles. The van der Waals surface area contributed by atoms with Crippen LogP contribution in [0.3, 0.4) is 0 Å². The lowest BCUT2D eigenvalue weighted by atomic mass is 9.84. The molecule has 0 bridgehead atoms. The van der Waals surface area contributed by atoms with Gasteiger partial charge in [0.2, 0.25) is 0 Å². The van der Waals surface area contributed by atoms with E-state index in [4.69, 9.17) is 9.47 Å². The van der Waals surface area contributed by atoms with E-state index in [-0.39, 0.29) is 0 Å². The quantitative estimate of drug-likeness (QED) is 0.603. The number of allylic oxidation sites excluding steroid dienone is 2. The third-order valence-corrected chi connectivity index (χ3v) is 2.58. The van der Waals surface area contributed by atoms with E-state index in [0.29, 0.717) is 5.41 Å². The van der Waals surface area contributed by atoms with Crippen molar-refractivity contribution in [2.45, 2.75) is 27.2 Å². The van der Waals surface area contributed by atoms with Crippen LogP contribution >= 0.6 is 0 Å². The summed E-state index contributed by atoms with van der Waals surface area (Å²) < 4.78 is 10.8. The van der Waals surface area contributed by atoms with Crippen molar-refractivity contribution in [3.8, 4) is 0 Å². The van der Waals surface area contributed by atoms with Crippen molar-refractivity contribution in [1.29, 1.82) is 0 Å². The summed E-state index contributed by atoms with van der Waals surface area (Å²) in [5.41, 5.74) is 0.310. The molecule has 0 aromatic carbocycles. The van der Waals surface area contributed by atoms with Crippen LogP contribution in [0.4, 0.5) is 0 Å². The summed E-state index contributed by atoms with van der Waals surface area (Å²) in [6.45, 7) is 8.70. The van der Waals surface area contributed by atoms with Gasteiger partial charge in [-0.1, -0.05) is 13.0 Å². The van der Waals surface area contributed by atoms with E-state index < -0.39 is 0 Å². The van der Waals surface area contributed by atoms with Crippen molar-refractivity contribution in [3.63, 3.8) is 0 Å². The average molecular weight is 170 g/mol. The highest BCUT2D eigenvalue weighted by atomic mass is 16.5. The fourth-order valence-electron chi connectivity index (χ4n) is 1.13. The third-order valence-electron chi connectivity index (χ3n) is 2.58. The van der Waals surface area contributed by atoms with Crippen molar-refractivity contribution in [2.75, 3.05) is 19.8 Å². The molecule has 0 amide bonds. The van der Waals surface area contributed by atoms with Gasteiger partial charge in [0.05, 0.1) is 31.0 Å². The maximum Gasteiger partial charge on any atom is 0.0977 e. The Labute approximate surface area is 74.6 Å². The van der Waals surface area contributed by atoms with Crippen LogP contribution in [0, 0.1) is 5.41 Å². The fourth-order valence-corrected chi connectivity index (χ4v) is 1.13. The van der Waals surface area contributed by atoms with Gasteiger partial charge in [-0.15, -0.1) is 0 Å². The van der Waals surface area contributed by atoms with E-state index in [1.165, 1.54) is 0 Å². The third kappa shape index (κ3) is 2.01. The van der Waals surface area contributed by atoms with Crippen LogP contribution in [0.1, 0.15) is 27.2 Å². The van der Waals surface area contributed by atoms with Gasteiger partial charge in [0.15, 0.2) is 0 Å². The molecule has 2 nitrogen and oxygen atoms in total. The molecule has 2 heteroatoms. The Morgan fingerprint density at radius 3 is 2.58 bits per heavy atom. The zero-order chi connectivity index (χ0) is 9.03. The highest BCUT2D eigenvalue weighted by molar-refractivity contribution is 4.89. The normalized spacial score (nSPS) is 21.8. The molecule has 0 aliphatic carbocycles. The van der Waals surface area contributed by atoms with Crippen LogP contribution in [0.15, 0.2) is 11.8 Å². The van der Waals surface area contributed by atoms with Crippen LogP contribution in [0.5, 0.6) is 0 Å². The maximum absolute atomic E-state index is 5.57. The highest BCUT2D eigenvalue weighted by Gasteiger charge is 2.37. The highest BCUT2D eigenvalue weighted by Crippen LogP contribution is 2.31. The molecule has 1 heterocycles. The Morgan fingerprint density at radius 1 is 1.58 bits per heavy atom. The summed E-state index contributed by atoms with van der Waals surface area (Å²) in [6.07, 6.45) is 3.13. The van der Waals surface area contributed by atoms with Crippen molar-refractivity contribution in [3.05, 3.63) is 11.8 Å². The molecular formula is C10H18O2. The second-order valence-corrected chi connectivity index (χ2v) is 3.53. The van der Waals surface area contributed by atoms with Crippen molar-refractivity contribution in [2.24, 2.45) is 5.41 Å². The minimum atomic E-state index is 0.310. The lowest BCUT2D eigenvalue weighted by Crippen LogP contribution is -2.45. The van der Waals surface area contributed by atoms with Crippen LogP contribution in [0.25, 0.3) is 0 Å². The molecule has 0 saturated carbocycles. The van der Waals surface area contributed by atoms with Gasteiger partial charge in [-0.2, -0.15) is 0 Å². The van der Waals surface area contributed by atoms with Gasteiger partial charge < -0.3 is 9.47 Å². The molecule has 1 fully saturated rings. The van der Waals surface area contributed by atoms with Gasteiger partial charge in [-0.25, -0.2) is 0 Å². The molecule has 70 valence electrons. The molecule has 1 rings (SSSR count). The molecule has 0 aromatic heterocycles. The topological polar surface area (TPSA) is 18.5 Å².